The van der Waals surface area contributed by atoms with E-state index < -0.39 is 0 Å². The van der Waals surface area contributed by atoms with Gasteiger partial charge < -0.3 is 16.0 Å². The largest absolute Gasteiger partial charge is 0.316 e. The van der Waals surface area contributed by atoms with Crippen molar-refractivity contribution >= 4 is 0 Å². The Kier molecular flexibility index (Phi) is 6.72. The Morgan fingerprint density at radius 1 is 0.568 bits per heavy atom. The molecule has 224 valence electrons. The highest BCUT2D eigenvalue weighted by Gasteiger charge is 2.67. The Balaban J connectivity index is 1.30. The fraction of sp³-hybridized carbons (Fsp3) is 0.385. The molecule has 44 heavy (non-hydrogen) atoms. The van der Waals surface area contributed by atoms with Crippen molar-refractivity contribution in [1.29, 1.82) is 0 Å². The van der Waals surface area contributed by atoms with E-state index in [0.29, 0.717) is 41.9 Å². The SMILES string of the molecule is c1ccc(-c2cccc(C3(c4cccc(-c5ccccc5)c4)C4CNCNC4N4C5CCNCC5C5CNCC3C54)c2)cc1. The molecule has 4 aromatic rings. The van der Waals surface area contributed by atoms with E-state index in [9.17, 15) is 0 Å². The van der Waals surface area contributed by atoms with Crippen LogP contribution in [-0.4, -0.2) is 62.5 Å². The molecule has 0 radical (unpaired) electrons. The summed E-state index contributed by atoms with van der Waals surface area (Å²) in [5.74, 6) is 2.18. The first kappa shape index (κ1) is 27.0. The second-order valence-electron chi connectivity index (χ2n) is 13.7. The Labute approximate surface area is 261 Å². The maximum Gasteiger partial charge on any atom is 0.0665 e. The van der Waals surface area contributed by atoms with E-state index >= 15 is 0 Å². The predicted octanol–water partition coefficient (Wildman–Crippen LogP) is 4.91. The topological polar surface area (TPSA) is 51.4 Å². The molecule has 0 aromatic heterocycles. The smallest absolute Gasteiger partial charge is 0.0665 e. The van der Waals surface area contributed by atoms with Crippen LogP contribution in [0.15, 0.2) is 109 Å². The van der Waals surface area contributed by atoms with Crippen molar-refractivity contribution in [2.24, 2.45) is 23.7 Å². The molecule has 0 aliphatic carbocycles. The molecule has 5 heteroatoms. The third-order valence-corrected chi connectivity index (χ3v) is 11.9. The molecule has 0 spiro atoms. The van der Waals surface area contributed by atoms with Gasteiger partial charge in [-0.15, -0.1) is 0 Å². The maximum atomic E-state index is 4.08. The Bertz CT molecular complexity index is 1540. The van der Waals surface area contributed by atoms with Crippen LogP contribution in [0.5, 0.6) is 0 Å². The zero-order valence-corrected chi connectivity index (χ0v) is 25.3. The van der Waals surface area contributed by atoms with Crippen molar-refractivity contribution in [2.45, 2.75) is 30.1 Å². The maximum absolute atomic E-state index is 4.08. The first-order valence-electron chi connectivity index (χ1n) is 16.8. The number of hydrogen-bond donors (Lipinski definition) is 4. The van der Waals surface area contributed by atoms with Gasteiger partial charge in [0.2, 0.25) is 0 Å². The minimum Gasteiger partial charge on any atom is -0.316 e. The molecule has 0 amide bonds. The summed E-state index contributed by atoms with van der Waals surface area (Å²) >= 11 is 0. The molecule has 0 bridgehead atoms. The van der Waals surface area contributed by atoms with Crippen LogP contribution in [0.2, 0.25) is 0 Å². The molecule has 9 rings (SSSR count). The minimum atomic E-state index is -0.172. The lowest BCUT2D eigenvalue weighted by molar-refractivity contribution is -0.0889. The zero-order chi connectivity index (χ0) is 29.1. The monoisotopic (exact) mass is 581 g/mol. The molecule has 5 aliphatic rings. The van der Waals surface area contributed by atoms with Crippen LogP contribution < -0.4 is 21.3 Å². The highest BCUT2D eigenvalue weighted by molar-refractivity contribution is 5.68. The number of benzene rings is 4. The quantitative estimate of drug-likeness (QED) is 0.276. The van der Waals surface area contributed by atoms with E-state index in [-0.39, 0.29) is 5.41 Å². The lowest BCUT2D eigenvalue weighted by atomic mass is 9.51. The molecular weight excluding hydrogens is 538 g/mol. The molecular formula is C39H43N5. The fourth-order valence-corrected chi connectivity index (χ4v) is 10.4. The van der Waals surface area contributed by atoms with E-state index in [4.69, 9.17) is 0 Å². The van der Waals surface area contributed by atoms with E-state index in [0.717, 1.165) is 39.4 Å². The summed E-state index contributed by atoms with van der Waals surface area (Å²) in [5.41, 5.74) is 7.94. The molecule has 5 fully saturated rings. The van der Waals surface area contributed by atoms with Gasteiger partial charge in [0.15, 0.2) is 0 Å². The predicted molar refractivity (Wildman–Crippen MR) is 178 cm³/mol. The summed E-state index contributed by atoms with van der Waals surface area (Å²) in [5, 5.41) is 15.7. The van der Waals surface area contributed by atoms with Gasteiger partial charge in [-0.3, -0.25) is 10.2 Å². The lowest BCUT2D eigenvalue weighted by Crippen LogP contribution is -2.76. The number of fused-ring (bicyclic) bond motifs is 5. The van der Waals surface area contributed by atoms with Gasteiger partial charge in [0.05, 0.1) is 6.17 Å². The molecule has 7 unspecified atom stereocenters. The standard InChI is InChI=1S/C39H43N5/c1-3-9-26(10-4-1)28-13-7-15-30(19-28)39(31-16-8-14-29(20-31)27-11-5-2-6-12-27)34-23-41-22-33-32-21-40-18-17-36(32)44(37(33)34)38-35(39)24-42-25-43-38/h1-16,19-20,32-38,40-43H,17-18,21-25H2. The van der Waals surface area contributed by atoms with Gasteiger partial charge in [-0.05, 0) is 71.3 Å². The van der Waals surface area contributed by atoms with Gasteiger partial charge in [0.25, 0.3) is 0 Å². The fourth-order valence-electron chi connectivity index (χ4n) is 10.4. The first-order valence-corrected chi connectivity index (χ1v) is 16.8. The molecule has 7 atom stereocenters. The highest BCUT2D eigenvalue weighted by atomic mass is 15.4. The summed E-state index contributed by atoms with van der Waals surface area (Å²) in [6.45, 7) is 6.32. The van der Waals surface area contributed by atoms with Crippen molar-refractivity contribution in [3.63, 3.8) is 0 Å². The van der Waals surface area contributed by atoms with Crippen molar-refractivity contribution in [2.75, 3.05) is 39.4 Å². The number of rotatable bonds is 4. The van der Waals surface area contributed by atoms with Crippen LogP contribution in [0.25, 0.3) is 22.3 Å². The molecule has 5 saturated heterocycles. The average molecular weight is 582 g/mol. The average Bonchev–Trinajstić information content (AvgIpc) is 3.45. The number of nitrogens with one attached hydrogen (secondary N) is 4. The number of piperidine rings is 3. The van der Waals surface area contributed by atoms with Crippen molar-refractivity contribution in [3.05, 3.63) is 120 Å². The third-order valence-electron chi connectivity index (χ3n) is 11.9. The van der Waals surface area contributed by atoms with Crippen molar-refractivity contribution in [1.82, 2.24) is 26.2 Å². The van der Waals surface area contributed by atoms with Gasteiger partial charge in [-0.2, -0.15) is 0 Å². The van der Waals surface area contributed by atoms with Gasteiger partial charge in [-0.25, -0.2) is 0 Å². The van der Waals surface area contributed by atoms with E-state index in [1.807, 2.05) is 0 Å². The minimum absolute atomic E-state index is 0.172. The van der Waals surface area contributed by atoms with Gasteiger partial charge in [0, 0.05) is 49.1 Å². The molecule has 0 saturated carbocycles. The highest BCUT2D eigenvalue weighted by Crippen LogP contribution is 2.60. The summed E-state index contributed by atoms with van der Waals surface area (Å²) in [6, 6.07) is 42.3. The van der Waals surface area contributed by atoms with Crippen LogP contribution in [0.3, 0.4) is 0 Å². The van der Waals surface area contributed by atoms with Crippen LogP contribution in [0.4, 0.5) is 0 Å². The van der Waals surface area contributed by atoms with Gasteiger partial charge in [0.1, 0.15) is 0 Å². The molecule has 5 aliphatic heterocycles. The van der Waals surface area contributed by atoms with Crippen molar-refractivity contribution in [3.8, 4) is 22.3 Å². The Morgan fingerprint density at radius 3 is 1.86 bits per heavy atom. The van der Waals surface area contributed by atoms with Gasteiger partial charge >= 0.3 is 0 Å². The normalized spacial score (nSPS) is 32.3. The first-order chi connectivity index (χ1) is 21.8. The Morgan fingerprint density at radius 2 is 1.18 bits per heavy atom. The Hall–Kier alpha value is -3.32. The van der Waals surface area contributed by atoms with Crippen LogP contribution >= 0.6 is 0 Å². The number of hydrogen-bond acceptors (Lipinski definition) is 5. The van der Waals surface area contributed by atoms with Crippen molar-refractivity contribution < 1.29 is 0 Å². The van der Waals surface area contributed by atoms with E-state index in [2.05, 4.69) is 135 Å². The van der Waals surface area contributed by atoms with E-state index in [1.165, 1.54) is 39.8 Å². The molecule has 4 N–H and O–H groups in total. The van der Waals surface area contributed by atoms with Crippen LogP contribution in [-0.2, 0) is 5.41 Å². The number of nitrogens with zero attached hydrogens (tertiary/aromatic N) is 1. The molecule has 5 nitrogen and oxygen atoms in total. The van der Waals surface area contributed by atoms with Crippen LogP contribution in [0.1, 0.15) is 17.5 Å². The lowest BCUT2D eigenvalue weighted by Gasteiger charge is -2.63. The summed E-state index contributed by atoms with van der Waals surface area (Å²) in [4.78, 5) is 3.02. The molecule has 5 heterocycles. The zero-order valence-electron chi connectivity index (χ0n) is 25.3. The second kappa shape index (κ2) is 10.9. The summed E-state index contributed by atoms with van der Waals surface area (Å²) in [6.07, 6.45) is 1.59. The molecule has 4 aromatic carbocycles. The summed E-state index contributed by atoms with van der Waals surface area (Å²) < 4.78 is 0. The summed E-state index contributed by atoms with van der Waals surface area (Å²) in [7, 11) is 0. The van der Waals surface area contributed by atoms with Crippen LogP contribution in [0, 0.1) is 23.7 Å². The van der Waals surface area contributed by atoms with E-state index in [1.54, 1.807) is 0 Å². The third kappa shape index (κ3) is 4.03. The van der Waals surface area contributed by atoms with Gasteiger partial charge in [-0.1, -0.05) is 109 Å². The second-order valence-corrected chi connectivity index (χ2v) is 13.7.